The molecule has 0 atom stereocenters. The lowest BCUT2D eigenvalue weighted by Crippen LogP contribution is -2.62. The molecule has 46 heavy (non-hydrogen) atoms. The van der Waals surface area contributed by atoms with Crippen molar-refractivity contribution in [2.24, 2.45) is 0 Å². The van der Waals surface area contributed by atoms with Crippen LogP contribution in [0, 0.1) is 0 Å². The van der Waals surface area contributed by atoms with Crippen LogP contribution in [-0.4, -0.2) is 84.8 Å². The molecule has 1 aromatic heterocycles. The van der Waals surface area contributed by atoms with Crippen molar-refractivity contribution in [2.45, 2.75) is 0 Å². The normalized spacial score (nSPS) is 12.6. The second kappa shape index (κ2) is 11.3. The van der Waals surface area contributed by atoms with Crippen molar-refractivity contribution in [2.75, 3.05) is 76.0 Å². The minimum absolute atomic E-state index is 0.237. The van der Waals surface area contributed by atoms with Crippen molar-refractivity contribution < 1.29 is 9.47 Å². The van der Waals surface area contributed by atoms with E-state index < -0.39 is 0 Å². The summed E-state index contributed by atoms with van der Waals surface area (Å²) in [7, 11) is 16.3. The second-order valence-electron chi connectivity index (χ2n) is 12.7. The van der Waals surface area contributed by atoms with Crippen LogP contribution in [0.3, 0.4) is 0 Å². The number of rotatable bonds is 6. The zero-order valence-corrected chi connectivity index (χ0v) is 27.6. The number of fused-ring (bicyclic) bond motifs is 4. The Labute approximate surface area is 271 Å². The fraction of sp³-hybridized carbons (Fsp3) is 0.229. The second-order valence-corrected chi connectivity index (χ2v) is 12.7. The average molecular weight is 609 g/mol. The van der Waals surface area contributed by atoms with E-state index in [-0.39, 0.29) is 13.4 Å². The van der Waals surface area contributed by atoms with Crippen LogP contribution in [0.4, 0.5) is 22.7 Å². The molecule has 7 rings (SSSR count). The maximum atomic E-state index is 6.56. The predicted molar refractivity (Wildman–Crippen MR) is 192 cm³/mol. The lowest BCUT2D eigenvalue weighted by molar-refractivity contribution is 0.487. The topological polar surface area (TPSA) is 70.1 Å². The number of aromatic nitrogens is 3. The van der Waals surface area contributed by atoms with E-state index in [1.54, 1.807) is 6.33 Å². The molecule has 0 saturated heterocycles. The summed E-state index contributed by atoms with van der Waals surface area (Å²) in [5, 5.41) is 0. The van der Waals surface area contributed by atoms with E-state index in [0.717, 1.165) is 67.6 Å². The van der Waals surface area contributed by atoms with Gasteiger partial charge in [0.05, 0.1) is 0 Å². The van der Waals surface area contributed by atoms with Crippen LogP contribution >= 0.6 is 0 Å². The van der Waals surface area contributed by atoms with Gasteiger partial charge in [-0.25, -0.2) is 15.0 Å². The number of hydrogen-bond donors (Lipinski definition) is 0. The van der Waals surface area contributed by atoms with Crippen LogP contribution < -0.4 is 62.4 Å². The Bertz CT molecular complexity index is 1710. The molecule has 2 aliphatic rings. The SMILES string of the molecule is CN(C)c1ccc2c(c1)Oc1cc(N(C)C)ccc1B2c1ncnc(B2c3ccc(N(C)C)cc3Oc3cc(N(C)C)ccc32)n1. The molecule has 0 amide bonds. The minimum atomic E-state index is -0.237. The van der Waals surface area contributed by atoms with Gasteiger partial charge >= 0.3 is 0 Å². The Morgan fingerprint density at radius 1 is 0.435 bits per heavy atom. The van der Waals surface area contributed by atoms with Crippen LogP contribution in [0.5, 0.6) is 23.0 Å². The first-order valence-corrected chi connectivity index (χ1v) is 15.4. The third-order valence-corrected chi connectivity index (χ3v) is 8.86. The van der Waals surface area contributed by atoms with Gasteiger partial charge in [-0.15, -0.1) is 0 Å². The molecule has 4 aromatic carbocycles. The summed E-state index contributed by atoms with van der Waals surface area (Å²) < 4.78 is 13.1. The molecule has 5 aromatic rings. The molecule has 230 valence electrons. The zero-order chi connectivity index (χ0) is 32.3. The van der Waals surface area contributed by atoms with Gasteiger partial charge in [0, 0.05) is 103 Å². The van der Waals surface area contributed by atoms with Gasteiger partial charge in [-0.05, 0) is 46.1 Å². The summed E-state index contributed by atoms with van der Waals surface area (Å²) in [6, 6.07) is 25.3. The van der Waals surface area contributed by atoms with E-state index >= 15 is 0 Å². The fourth-order valence-electron chi connectivity index (χ4n) is 6.24. The van der Waals surface area contributed by atoms with E-state index in [0.29, 0.717) is 11.4 Å². The van der Waals surface area contributed by atoms with Gasteiger partial charge in [-0.1, -0.05) is 24.3 Å². The monoisotopic (exact) mass is 609 g/mol. The van der Waals surface area contributed by atoms with Crippen molar-refractivity contribution in [3.63, 3.8) is 0 Å². The largest absolute Gasteiger partial charge is 0.458 e. The van der Waals surface area contributed by atoms with E-state index in [2.05, 4.69) is 92.4 Å². The zero-order valence-electron chi connectivity index (χ0n) is 27.6. The molecule has 9 nitrogen and oxygen atoms in total. The molecule has 2 aliphatic heterocycles. The Morgan fingerprint density at radius 2 is 0.717 bits per heavy atom. The van der Waals surface area contributed by atoms with Gasteiger partial charge < -0.3 is 29.1 Å². The van der Waals surface area contributed by atoms with Gasteiger partial charge in [0.25, 0.3) is 13.4 Å². The van der Waals surface area contributed by atoms with Gasteiger partial charge in [0.2, 0.25) is 0 Å². The molecule has 0 spiro atoms. The number of benzene rings is 4. The molecule has 0 unspecified atom stereocenters. The maximum Gasteiger partial charge on any atom is 0.298 e. The summed E-state index contributed by atoms with van der Waals surface area (Å²) in [6.45, 7) is -0.474. The average Bonchev–Trinajstić information content (AvgIpc) is 3.04. The number of hydrogen-bond acceptors (Lipinski definition) is 9. The van der Waals surface area contributed by atoms with E-state index in [1.165, 1.54) is 0 Å². The van der Waals surface area contributed by atoms with Crippen LogP contribution in [0.1, 0.15) is 0 Å². The van der Waals surface area contributed by atoms with Gasteiger partial charge in [-0.3, -0.25) is 0 Å². The molecule has 0 bridgehead atoms. The van der Waals surface area contributed by atoms with E-state index in [4.69, 9.17) is 24.4 Å². The van der Waals surface area contributed by atoms with E-state index in [1.807, 2.05) is 56.4 Å². The molecule has 0 radical (unpaired) electrons. The molecule has 0 N–H and O–H groups in total. The number of ether oxygens (including phenoxy) is 2. The van der Waals surface area contributed by atoms with Crippen molar-refractivity contribution >= 4 is 69.5 Å². The Kier molecular flexibility index (Phi) is 7.26. The summed E-state index contributed by atoms with van der Waals surface area (Å²) in [4.78, 5) is 23.2. The van der Waals surface area contributed by atoms with Gasteiger partial charge in [0.15, 0.2) is 0 Å². The molecule has 11 heteroatoms. The third-order valence-electron chi connectivity index (χ3n) is 8.86. The Balaban J connectivity index is 1.40. The Hall–Kier alpha value is -5.18. The highest BCUT2D eigenvalue weighted by molar-refractivity contribution is 6.97. The first kappa shape index (κ1) is 29.5. The highest BCUT2D eigenvalue weighted by Gasteiger charge is 2.39. The minimum Gasteiger partial charge on any atom is -0.458 e. The van der Waals surface area contributed by atoms with Crippen molar-refractivity contribution in [3.05, 3.63) is 79.1 Å². The molecular formula is C35H37B2N7O2. The standard InChI is InChI=1S/C35H37B2N7O2/c1-41(2)22-9-13-26-30(17-22)45-31-18-23(42(3)4)10-14-27(31)36(26)34-38-21-39-35(40-34)37-28-15-11-24(43(5)6)19-32(28)46-33-20-25(44(7)8)12-16-29(33)37/h9-21H,1-8H3. The highest BCUT2D eigenvalue weighted by Crippen LogP contribution is 2.31. The summed E-state index contributed by atoms with van der Waals surface area (Å²) in [5.74, 6) is 3.21. The van der Waals surface area contributed by atoms with Crippen molar-refractivity contribution in [1.29, 1.82) is 0 Å². The molecule has 0 fully saturated rings. The van der Waals surface area contributed by atoms with Gasteiger partial charge in [-0.2, -0.15) is 0 Å². The summed E-state index contributed by atoms with van der Waals surface area (Å²) in [5.41, 5.74) is 9.68. The quantitative estimate of drug-likeness (QED) is 0.260. The predicted octanol–water partition coefficient (Wildman–Crippen LogP) is 1.38. The summed E-state index contributed by atoms with van der Waals surface area (Å²) in [6.07, 6.45) is 1.64. The number of anilines is 4. The molecule has 3 heterocycles. The van der Waals surface area contributed by atoms with Gasteiger partial charge in [0.1, 0.15) is 40.8 Å². The van der Waals surface area contributed by atoms with Crippen molar-refractivity contribution in [3.8, 4) is 23.0 Å². The van der Waals surface area contributed by atoms with Crippen LogP contribution in [0.2, 0.25) is 0 Å². The van der Waals surface area contributed by atoms with Crippen molar-refractivity contribution in [1.82, 2.24) is 15.0 Å². The first-order valence-electron chi connectivity index (χ1n) is 15.4. The lowest BCUT2D eigenvalue weighted by Gasteiger charge is -2.29. The van der Waals surface area contributed by atoms with E-state index in [9.17, 15) is 0 Å². The number of nitrogens with zero attached hydrogens (tertiary/aromatic N) is 7. The molecule has 0 aliphatic carbocycles. The smallest absolute Gasteiger partial charge is 0.298 e. The van der Waals surface area contributed by atoms with Crippen LogP contribution in [0.15, 0.2) is 79.1 Å². The summed E-state index contributed by atoms with van der Waals surface area (Å²) >= 11 is 0. The first-order chi connectivity index (χ1) is 22.1. The van der Waals surface area contributed by atoms with Crippen LogP contribution in [0.25, 0.3) is 0 Å². The lowest BCUT2D eigenvalue weighted by atomic mass is 9.37. The third kappa shape index (κ3) is 5.05. The Morgan fingerprint density at radius 3 is 0.978 bits per heavy atom. The van der Waals surface area contributed by atoms with Crippen LogP contribution in [-0.2, 0) is 0 Å². The highest BCUT2D eigenvalue weighted by atomic mass is 16.5. The fourth-order valence-corrected chi connectivity index (χ4v) is 6.24. The molecule has 0 saturated carbocycles. The molecular weight excluding hydrogens is 572 g/mol. The maximum absolute atomic E-state index is 6.56.